The number of likely N-dealkylation sites (N-methyl/N-ethyl adjacent to an activating group) is 1. The Bertz CT molecular complexity index is 840. The number of carbonyl (C=O) groups is 1. The lowest BCUT2D eigenvalue weighted by atomic mass is 10.1. The average molecular weight is 392 g/mol. The van der Waals surface area contributed by atoms with Crippen molar-refractivity contribution < 1.29 is 9.53 Å². The summed E-state index contributed by atoms with van der Waals surface area (Å²) in [6.45, 7) is 6.97. The van der Waals surface area contributed by atoms with Crippen LogP contribution in [-0.2, 0) is 17.8 Å². The lowest BCUT2D eigenvalue weighted by Crippen LogP contribution is -2.25. The molecule has 5 heteroatoms. The summed E-state index contributed by atoms with van der Waals surface area (Å²) in [6, 6.07) is 18.5. The average Bonchev–Trinajstić information content (AvgIpc) is 2.74. The lowest BCUT2D eigenvalue weighted by Gasteiger charge is -2.20. The number of aliphatic imine (C=N–C) groups is 1. The van der Waals surface area contributed by atoms with Gasteiger partial charge in [-0.2, -0.15) is 0 Å². The topological polar surface area (TPSA) is 67.9 Å². The number of allylic oxidation sites excluding steroid dienone is 1. The molecule has 0 atom stereocenters. The first-order valence-corrected chi connectivity index (χ1v) is 9.78. The van der Waals surface area contributed by atoms with Gasteiger partial charge in [-0.15, -0.1) is 0 Å². The Morgan fingerprint density at radius 2 is 1.83 bits per heavy atom. The minimum atomic E-state index is -0.530. The molecule has 0 spiro atoms. The van der Waals surface area contributed by atoms with E-state index in [0.717, 1.165) is 26.1 Å². The summed E-state index contributed by atoms with van der Waals surface area (Å²) in [4.78, 5) is 17.6. The highest BCUT2D eigenvalue weighted by atomic mass is 16.5. The third-order valence-corrected chi connectivity index (χ3v) is 4.43. The van der Waals surface area contributed by atoms with E-state index in [1.54, 1.807) is 19.1 Å². The van der Waals surface area contributed by atoms with Gasteiger partial charge in [0.1, 0.15) is 5.75 Å². The molecule has 29 heavy (non-hydrogen) atoms. The van der Waals surface area contributed by atoms with E-state index in [4.69, 9.17) is 10.5 Å². The maximum atomic E-state index is 11.2. The van der Waals surface area contributed by atoms with Crippen LogP contribution in [0.25, 0.3) is 0 Å². The maximum Gasteiger partial charge on any atom is 0.250 e. The fourth-order valence-electron chi connectivity index (χ4n) is 2.78. The number of primary amides is 1. The molecule has 0 radical (unpaired) electrons. The molecule has 0 aliphatic rings. The second kappa shape index (κ2) is 12.3. The van der Waals surface area contributed by atoms with Gasteiger partial charge in [-0.3, -0.25) is 9.69 Å². The Kier molecular flexibility index (Phi) is 9.39. The predicted octanol–water partition coefficient (Wildman–Crippen LogP) is 4.10. The molecule has 0 bridgehead atoms. The first-order valence-electron chi connectivity index (χ1n) is 9.78. The number of ether oxygens (including phenoxy) is 1. The van der Waals surface area contributed by atoms with E-state index in [-0.39, 0.29) is 0 Å². The minimum Gasteiger partial charge on any atom is -0.446 e. The Balaban J connectivity index is 1.84. The van der Waals surface area contributed by atoms with Gasteiger partial charge in [0.2, 0.25) is 5.91 Å². The maximum absolute atomic E-state index is 11.2. The van der Waals surface area contributed by atoms with Gasteiger partial charge >= 0.3 is 0 Å². The number of amides is 1. The summed E-state index contributed by atoms with van der Waals surface area (Å²) in [5.41, 5.74) is 8.17. The Morgan fingerprint density at radius 3 is 2.45 bits per heavy atom. The van der Waals surface area contributed by atoms with Crippen LogP contribution in [0.5, 0.6) is 5.75 Å². The third-order valence-electron chi connectivity index (χ3n) is 4.43. The molecule has 0 aliphatic heterocycles. The van der Waals surface area contributed by atoms with Crippen molar-refractivity contribution in [2.45, 2.75) is 26.8 Å². The summed E-state index contributed by atoms with van der Waals surface area (Å²) < 4.78 is 5.47. The van der Waals surface area contributed by atoms with Gasteiger partial charge in [0, 0.05) is 19.3 Å². The molecule has 0 heterocycles. The fraction of sp³-hybridized carbons (Fsp3) is 0.250. The third kappa shape index (κ3) is 8.15. The van der Waals surface area contributed by atoms with Gasteiger partial charge in [0.05, 0.1) is 5.57 Å². The van der Waals surface area contributed by atoms with Gasteiger partial charge in [0.25, 0.3) is 0 Å². The van der Waals surface area contributed by atoms with Crippen molar-refractivity contribution in [3.63, 3.8) is 0 Å². The quantitative estimate of drug-likeness (QED) is 0.271. The van der Waals surface area contributed by atoms with Crippen molar-refractivity contribution in [2.24, 2.45) is 10.7 Å². The van der Waals surface area contributed by atoms with E-state index >= 15 is 0 Å². The number of hydrogen-bond acceptors (Lipinski definition) is 4. The first-order chi connectivity index (χ1) is 14.1. The van der Waals surface area contributed by atoms with Gasteiger partial charge in [-0.1, -0.05) is 61.5 Å². The first kappa shape index (κ1) is 22.1. The SMILES string of the molecule is C\C=C/C(=C\N=C\Oc1ccc(CCN(CC)Cc2ccccc2)cc1)C(N)=O. The van der Waals surface area contributed by atoms with Crippen molar-refractivity contribution >= 4 is 12.3 Å². The molecule has 2 aromatic rings. The lowest BCUT2D eigenvalue weighted by molar-refractivity contribution is -0.114. The van der Waals surface area contributed by atoms with E-state index in [9.17, 15) is 4.79 Å². The molecule has 0 saturated carbocycles. The summed E-state index contributed by atoms with van der Waals surface area (Å²) in [6.07, 6.45) is 6.98. The predicted molar refractivity (Wildman–Crippen MR) is 119 cm³/mol. The van der Waals surface area contributed by atoms with Crippen LogP contribution < -0.4 is 10.5 Å². The zero-order valence-electron chi connectivity index (χ0n) is 17.1. The van der Waals surface area contributed by atoms with Crippen LogP contribution in [0.1, 0.15) is 25.0 Å². The smallest absolute Gasteiger partial charge is 0.250 e. The second-order valence-corrected chi connectivity index (χ2v) is 6.57. The molecule has 2 N–H and O–H groups in total. The van der Waals surface area contributed by atoms with Gasteiger partial charge in [-0.05, 0) is 43.1 Å². The molecule has 2 aromatic carbocycles. The van der Waals surface area contributed by atoms with E-state index in [2.05, 4.69) is 53.2 Å². The molecule has 0 fully saturated rings. The van der Waals surface area contributed by atoms with Gasteiger partial charge < -0.3 is 10.5 Å². The Hall–Kier alpha value is -3.18. The molecule has 2 rings (SSSR count). The molecule has 0 aromatic heterocycles. The molecule has 0 unspecified atom stereocenters. The molecule has 152 valence electrons. The normalized spacial score (nSPS) is 12.2. The van der Waals surface area contributed by atoms with Crippen molar-refractivity contribution in [1.29, 1.82) is 0 Å². The van der Waals surface area contributed by atoms with E-state index < -0.39 is 5.91 Å². The van der Waals surface area contributed by atoms with Crippen molar-refractivity contribution in [3.05, 3.63) is 89.6 Å². The molecule has 0 aliphatic carbocycles. The summed E-state index contributed by atoms with van der Waals surface area (Å²) in [5.74, 6) is 0.159. The van der Waals surface area contributed by atoms with Crippen LogP contribution in [0, 0.1) is 0 Å². The molecular weight excluding hydrogens is 362 g/mol. The number of hydrogen-bond donors (Lipinski definition) is 1. The Labute approximate surface area is 173 Å². The number of benzene rings is 2. The van der Waals surface area contributed by atoms with E-state index in [0.29, 0.717) is 11.3 Å². The number of nitrogens with zero attached hydrogens (tertiary/aromatic N) is 2. The van der Waals surface area contributed by atoms with Crippen LogP contribution in [0.4, 0.5) is 0 Å². The fourth-order valence-corrected chi connectivity index (χ4v) is 2.78. The van der Waals surface area contributed by atoms with Crippen LogP contribution in [0.15, 0.2) is 83.5 Å². The standard InChI is InChI=1S/C24H29N3O2/c1-3-8-22(24(25)28)17-26-19-29-23-13-11-20(12-14-23)15-16-27(4-2)18-21-9-6-5-7-10-21/h3,5-14,17,19H,4,15-16,18H2,1-2H3,(H2,25,28)/b8-3-,22-17+,26-19+. The molecule has 1 amide bonds. The zero-order chi connectivity index (χ0) is 20.9. The highest BCUT2D eigenvalue weighted by Crippen LogP contribution is 2.13. The van der Waals surface area contributed by atoms with E-state index in [1.807, 2.05) is 18.2 Å². The highest BCUT2D eigenvalue weighted by molar-refractivity contribution is 5.94. The minimum absolute atomic E-state index is 0.318. The molecule has 0 saturated heterocycles. The van der Waals surface area contributed by atoms with E-state index in [1.165, 1.54) is 23.7 Å². The molecular formula is C24H29N3O2. The van der Waals surface area contributed by atoms with Crippen LogP contribution in [-0.4, -0.2) is 30.3 Å². The summed E-state index contributed by atoms with van der Waals surface area (Å²) in [5, 5.41) is 0. The van der Waals surface area contributed by atoms with Crippen molar-refractivity contribution in [3.8, 4) is 5.75 Å². The number of nitrogens with two attached hydrogens (primary N) is 1. The van der Waals surface area contributed by atoms with Crippen molar-refractivity contribution in [2.75, 3.05) is 13.1 Å². The summed E-state index contributed by atoms with van der Waals surface area (Å²) in [7, 11) is 0. The van der Waals surface area contributed by atoms with Crippen LogP contribution >= 0.6 is 0 Å². The largest absolute Gasteiger partial charge is 0.446 e. The van der Waals surface area contributed by atoms with Gasteiger partial charge in [-0.25, -0.2) is 4.99 Å². The second-order valence-electron chi connectivity index (χ2n) is 6.57. The highest BCUT2D eigenvalue weighted by Gasteiger charge is 2.04. The monoisotopic (exact) mass is 391 g/mol. The van der Waals surface area contributed by atoms with Gasteiger partial charge in [0.15, 0.2) is 6.40 Å². The number of rotatable bonds is 11. The summed E-state index contributed by atoms with van der Waals surface area (Å²) >= 11 is 0. The van der Waals surface area contributed by atoms with Crippen LogP contribution in [0.3, 0.4) is 0 Å². The molecule has 5 nitrogen and oxygen atoms in total. The van der Waals surface area contributed by atoms with Crippen molar-refractivity contribution in [1.82, 2.24) is 4.90 Å². The zero-order valence-corrected chi connectivity index (χ0v) is 17.1. The number of carbonyl (C=O) groups excluding carboxylic acids is 1. The van der Waals surface area contributed by atoms with Crippen LogP contribution in [0.2, 0.25) is 0 Å². The Morgan fingerprint density at radius 1 is 1.10 bits per heavy atom.